The van der Waals surface area contributed by atoms with Gasteiger partial charge in [0.1, 0.15) is 5.75 Å². The third-order valence-electron chi connectivity index (χ3n) is 4.40. The SMILES string of the molecule is COc1cccc2c1CCC2NC(=O)[C@@H](N)Cc1ccccc1. The van der Waals surface area contributed by atoms with Crippen LogP contribution in [0.5, 0.6) is 5.75 Å². The molecule has 3 N–H and O–H groups in total. The maximum Gasteiger partial charge on any atom is 0.237 e. The van der Waals surface area contributed by atoms with Gasteiger partial charge in [0.2, 0.25) is 5.91 Å². The van der Waals surface area contributed by atoms with Gasteiger partial charge in [0, 0.05) is 0 Å². The van der Waals surface area contributed by atoms with Crippen molar-refractivity contribution in [1.82, 2.24) is 5.32 Å². The fourth-order valence-corrected chi connectivity index (χ4v) is 3.20. The molecule has 2 aromatic rings. The highest BCUT2D eigenvalue weighted by Crippen LogP contribution is 2.36. The minimum Gasteiger partial charge on any atom is -0.496 e. The Bertz CT molecular complexity index is 685. The molecule has 1 aliphatic carbocycles. The predicted octanol–water partition coefficient (Wildman–Crippen LogP) is 2.37. The van der Waals surface area contributed by atoms with Gasteiger partial charge in [-0.15, -0.1) is 0 Å². The molecule has 2 atom stereocenters. The molecule has 0 bridgehead atoms. The van der Waals surface area contributed by atoms with Crippen molar-refractivity contribution in [2.24, 2.45) is 5.73 Å². The summed E-state index contributed by atoms with van der Waals surface area (Å²) in [6, 6.07) is 15.3. The highest BCUT2D eigenvalue weighted by atomic mass is 16.5. The highest BCUT2D eigenvalue weighted by molar-refractivity contribution is 5.82. The Labute approximate surface area is 136 Å². The summed E-state index contributed by atoms with van der Waals surface area (Å²) in [5, 5.41) is 3.09. The van der Waals surface area contributed by atoms with Gasteiger partial charge in [-0.2, -0.15) is 0 Å². The van der Waals surface area contributed by atoms with E-state index >= 15 is 0 Å². The molecule has 1 aliphatic rings. The van der Waals surface area contributed by atoms with Gasteiger partial charge in [0.15, 0.2) is 0 Å². The number of nitrogens with one attached hydrogen (secondary N) is 1. The maximum absolute atomic E-state index is 12.4. The summed E-state index contributed by atoms with van der Waals surface area (Å²) < 4.78 is 5.40. The maximum atomic E-state index is 12.4. The molecule has 0 aliphatic heterocycles. The van der Waals surface area contributed by atoms with E-state index in [9.17, 15) is 4.79 Å². The van der Waals surface area contributed by atoms with Gasteiger partial charge in [0.05, 0.1) is 19.2 Å². The van der Waals surface area contributed by atoms with Crippen molar-refractivity contribution >= 4 is 5.91 Å². The topological polar surface area (TPSA) is 64.3 Å². The number of rotatable bonds is 5. The summed E-state index contributed by atoms with van der Waals surface area (Å²) in [4.78, 5) is 12.4. The Hall–Kier alpha value is -2.33. The fraction of sp³-hybridized carbons (Fsp3) is 0.316. The molecule has 0 aromatic heterocycles. The molecule has 0 saturated heterocycles. The summed E-state index contributed by atoms with van der Waals surface area (Å²) in [7, 11) is 1.68. The molecule has 1 unspecified atom stereocenters. The summed E-state index contributed by atoms with van der Waals surface area (Å²) >= 11 is 0. The third-order valence-corrected chi connectivity index (χ3v) is 4.40. The van der Waals surface area contributed by atoms with Gasteiger partial charge in [0.25, 0.3) is 0 Å². The van der Waals surface area contributed by atoms with Gasteiger partial charge in [-0.05, 0) is 42.0 Å². The first kappa shape index (κ1) is 15.6. The lowest BCUT2D eigenvalue weighted by Crippen LogP contribution is -2.43. The van der Waals surface area contributed by atoms with Crippen LogP contribution >= 0.6 is 0 Å². The molecule has 0 fully saturated rings. The van der Waals surface area contributed by atoms with Crippen LogP contribution in [0, 0.1) is 0 Å². The Kier molecular flexibility index (Phi) is 4.63. The van der Waals surface area contributed by atoms with Gasteiger partial charge < -0.3 is 15.8 Å². The Morgan fingerprint density at radius 3 is 2.78 bits per heavy atom. The monoisotopic (exact) mass is 310 g/mol. The van der Waals surface area contributed by atoms with Crippen molar-refractivity contribution in [1.29, 1.82) is 0 Å². The zero-order valence-corrected chi connectivity index (χ0v) is 13.3. The molecule has 4 nitrogen and oxygen atoms in total. The smallest absolute Gasteiger partial charge is 0.237 e. The van der Waals surface area contributed by atoms with E-state index in [4.69, 9.17) is 10.5 Å². The molecule has 0 radical (unpaired) electrons. The number of carbonyl (C=O) groups excluding carboxylic acids is 1. The molecular formula is C19H22N2O2. The first-order chi connectivity index (χ1) is 11.2. The van der Waals surface area contributed by atoms with E-state index in [1.54, 1.807) is 7.11 Å². The zero-order valence-electron chi connectivity index (χ0n) is 13.3. The minimum atomic E-state index is -0.535. The van der Waals surface area contributed by atoms with E-state index < -0.39 is 6.04 Å². The van der Waals surface area contributed by atoms with Crippen molar-refractivity contribution in [3.8, 4) is 5.75 Å². The number of carbonyl (C=O) groups is 1. The van der Waals surface area contributed by atoms with Crippen molar-refractivity contribution in [3.05, 3.63) is 65.2 Å². The van der Waals surface area contributed by atoms with Crippen molar-refractivity contribution in [2.75, 3.05) is 7.11 Å². The zero-order chi connectivity index (χ0) is 16.2. The van der Waals surface area contributed by atoms with Crippen LogP contribution in [0.25, 0.3) is 0 Å². The first-order valence-electron chi connectivity index (χ1n) is 7.94. The molecule has 0 spiro atoms. The van der Waals surface area contributed by atoms with Crippen LogP contribution in [0.1, 0.15) is 29.2 Å². The Morgan fingerprint density at radius 1 is 1.26 bits per heavy atom. The van der Waals surface area contributed by atoms with Crippen molar-refractivity contribution in [3.63, 3.8) is 0 Å². The summed E-state index contributed by atoms with van der Waals surface area (Å²) in [5.41, 5.74) is 9.47. The van der Waals surface area contributed by atoms with E-state index in [0.717, 1.165) is 29.7 Å². The average Bonchev–Trinajstić information content (AvgIpc) is 2.98. The molecule has 4 heteroatoms. The number of amides is 1. The number of methoxy groups -OCH3 is 1. The van der Waals surface area contributed by atoms with E-state index in [2.05, 4.69) is 11.4 Å². The van der Waals surface area contributed by atoms with Crippen LogP contribution in [0.2, 0.25) is 0 Å². The summed E-state index contributed by atoms with van der Waals surface area (Å²) in [6.07, 6.45) is 2.35. The number of hydrogen-bond donors (Lipinski definition) is 2. The number of hydrogen-bond acceptors (Lipinski definition) is 3. The molecule has 120 valence electrons. The van der Waals surface area contributed by atoms with Crippen LogP contribution in [0.15, 0.2) is 48.5 Å². The largest absolute Gasteiger partial charge is 0.496 e. The average molecular weight is 310 g/mol. The second-order valence-electron chi connectivity index (χ2n) is 5.92. The van der Waals surface area contributed by atoms with Gasteiger partial charge in [-0.3, -0.25) is 4.79 Å². The number of fused-ring (bicyclic) bond motifs is 1. The van der Waals surface area contributed by atoms with Crippen LogP contribution in [-0.2, 0) is 17.6 Å². The number of ether oxygens (including phenoxy) is 1. The minimum absolute atomic E-state index is 0.0226. The lowest BCUT2D eigenvalue weighted by atomic mass is 10.0. The number of nitrogens with two attached hydrogens (primary N) is 1. The Balaban J connectivity index is 1.66. The van der Waals surface area contributed by atoms with E-state index in [-0.39, 0.29) is 11.9 Å². The van der Waals surface area contributed by atoms with Crippen molar-refractivity contribution in [2.45, 2.75) is 31.3 Å². The Morgan fingerprint density at radius 2 is 2.04 bits per heavy atom. The predicted molar refractivity (Wildman–Crippen MR) is 90.3 cm³/mol. The van der Waals surface area contributed by atoms with Crippen LogP contribution in [-0.4, -0.2) is 19.1 Å². The molecule has 1 amide bonds. The van der Waals surface area contributed by atoms with E-state index in [1.807, 2.05) is 42.5 Å². The van der Waals surface area contributed by atoms with E-state index in [0.29, 0.717) is 6.42 Å². The van der Waals surface area contributed by atoms with Gasteiger partial charge in [-0.1, -0.05) is 42.5 Å². The standard InChI is InChI=1S/C19H22N2O2/c1-23-18-9-5-8-14-15(18)10-11-17(14)21-19(22)16(20)12-13-6-3-2-4-7-13/h2-9,16-17H,10-12,20H2,1H3,(H,21,22)/t16-,17?/m0/s1. The van der Waals surface area contributed by atoms with Crippen LogP contribution in [0.4, 0.5) is 0 Å². The quantitative estimate of drug-likeness (QED) is 0.891. The lowest BCUT2D eigenvalue weighted by Gasteiger charge is -2.18. The molecule has 3 rings (SSSR count). The second kappa shape index (κ2) is 6.84. The number of benzene rings is 2. The van der Waals surface area contributed by atoms with Crippen LogP contribution in [0.3, 0.4) is 0 Å². The third kappa shape index (κ3) is 3.37. The first-order valence-corrected chi connectivity index (χ1v) is 7.94. The molecule has 0 heterocycles. The van der Waals surface area contributed by atoms with Gasteiger partial charge in [-0.25, -0.2) is 0 Å². The molecule has 0 saturated carbocycles. The lowest BCUT2D eigenvalue weighted by molar-refractivity contribution is -0.123. The summed E-state index contributed by atoms with van der Waals surface area (Å²) in [5.74, 6) is 0.794. The molecule has 2 aromatic carbocycles. The summed E-state index contributed by atoms with van der Waals surface area (Å²) in [6.45, 7) is 0. The molecular weight excluding hydrogens is 288 g/mol. The van der Waals surface area contributed by atoms with Crippen LogP contribution < -0.4 is 15.8 Å². The highest BCUT2D eigenvalue weighted by Gasteiger charge is 2.27. The molecule has 23 heavy (non-hydrogen) atoms. The van der Waals surface area contributed by atoms with E-state index in [1.165, 1.54) is 5.56 Å². The van der Waals surface area contributed by atoms with Crippen molar-refractivity contribution < 1.29 is 9.53 Å². The normalized spacial score (nSPS) is 17.4. The van der Waals surface area contributed by atoms with Gasteiger partial charge >= 0.3 is 0 Å². The second-order valence-corrected chi connectivity index (χ2v) is 5.92. The fourth-order valence-electron chi connectivity index (χ4n) is 3.20.